The first-order valence-corrected chi connectivity index (χ1v) is 34.4. The lowest BCUT2D eigenvalue weighted by atomic mass is 10.0. The number of allylic oxidation sites excluding steroid dienone is 5. The maximum atomic E-state index is 13.0. The minimum atomic E-state index is -4.36. The van der Waals surface area contributed by atoms with E-state index >= 15 is 0 Å². The molecule has 0 bridgehead atoms. The van der Waals surface area contributed by atoms with Gasteiger partial charge in [-0.2, -0.15) is 0 Å². The zero-order valence-electron chi connectivity index (χ0n) is 50.8. The molecule has 9 heteroatoms. The van der Waals surface area contributed by atoms with Gasteiger partial charge in [0.05, 0.1) is 39.9 Å². The monoisotopic (exact) mass is 1080 g/mol. The van der Waals surface area contributed by atoms with Gasteiger partial charge in [0.15, 0.2) is 0 Å². The highest BCUT2D eigenvalue weighted by atomic mass is 31.2. The van der Waals surface area contributed by atoms with Gasteiger partial charge in [-0.3, -0.25) is 13.8 Å². The van der Waals surface area contributed by atoms with Crippen LogP contribution in [0, 0.1) is 0 Å². The highest BCUT2D eigenvalue weighted by Gasteiger charge is 2.28. The second kappa shape index (κ2) is 57.4. The average Bonchev–Trinajstić information content (AvgIpc) is 3.37. The lowest BCUT2D eigenvalue weighted by Gasteiger charge is -2.25. The summed E-state index contributed by atoms with van der Waals surface area (Å²) in [7, 11) is 1.56. The zero-order valence-corrected chi connectivity index (χ0v) is 51.7. The number of hydrogen-bond donors (Lipinski definition) is 3. The molecule has 0 aromatic rings. The summed E-state index contributed by atoms with van der Waals surface area (Å²) in [6.07, 6.45) is 75.8. The quantitative estimate of drug-likeness (QED) is 0.0243. The molecule has 8 nitrogen and oxygen atoms in total. The SMILES string of the molecule is CCCCCCCCCCCCC/C=C/CC/C=C/CC/C=C/C(O)C(COP(=O)(O)OCC[N+](C)(C)C)NC(=O)CCCCCCCCCCCCCCCCCCCCCCCCCCCCCCCCCC. The first-order chi connectivity index (χ1) is 36.5. The zero-order chi connectivity index (χ0) is 54.9. The van der Waals surface area contributed by atoms with Crippen molar-refractivity contribution in [1.82, 2.24) is 5.32 Å². The number of phosphoric ester groups is 1. The van der Waals surface area contributed by atoms with Gasteiger partial charge >= 0.3 is 7.82 Å². The molecule has 3 unspecified atom stereocenters. The van der Waals surface area contributed by atoms with Crippen LogP contribution < -0.4 is 5.32 Å². The number of hydrogen-bond acceptors (Lipinski definition) is 5. The molecule has 3 N–H and O–H groups in total. The van der Waals surface area contributed by atoms with Gasteiger partial charge in [-0.15, -0.1) is 0 Å². The number of aliphatic hydroxyl groups is 1. The van der Waals surface area contributed by atoms with E-state index in [0.29, 0.717) is 17.4 Å². The molecule has 0 aliphatic carbocycles. The van der Waals surface area contributed by atoms with Crippen molar-refractivity contribution in [3.8, 4) is 0 Å². The van der Waals surface area contributed by atoms with Gasteiger partial charge in [-0.1, -0.05) is 314 Å². The van der Waals surface area contributed by atoms with E-state index in [1.54, 1.807) is 6.08 Å². The topological polar surface area (TPSA) is 105 Å². The van der Waals surface area contributed by atoms with E-state index < -0.39 is 20.0 Å². The molecule has 75 heavy (non-hydrogen) atoms. The number of likely N-dealkylation sites (N-methyl/N-ethyl adjacent to an activating group) is 1. The summed E-state index contributed by atoms with van der Waals surface area (Å²) in [5.74, 6) is -0.184. The van der Waals surface area contributed by atoms with Crippen LogP contribution in [0.15, 0.2) is 36.5 Å². The molecule has 0 spiro atoms. The van der Waals surface area contributed by atoms with Crippen LogP contribution in [-0.2, 0) is 18.4 Å². The van der Waals surface area contributed by atoms with E-state index in [9.17, 15) is 19.4 Å². The molecular formula is C66H130N2O6P+. The molecule has 0 aliphatic heterocycles. The summed E-state index contributed by atoms with van der Waals surface area (Å²) < 4.78 is 23.7. The molecule has 0 heterocycles. The van der Waals surface area contributed by atoms with E-state index in [1.807, 2.05) is 27.2 Å². The Morgan fingerprint density at radius 1 is 0.440 bits per heavy atom. The lowest BCUT2D eigenvalue weighted by Crippen LogP contribution is -2.45. The highest BCUT2D eigenvalue weighted by Crippen LogP contribution is 2.43. The normalized spacial score (nSPS) is 14.0. The number of nitrogens with zero attached hydrogens (tertiary/aromatic N) is 1. The van der Waals surface area contributed by atoms with Crippen molar-refractivity contribution < 1.29 is 32.9 Å². The lowest BCUT2D eigenvalue weighted by molar-refractivity contribution is -0.870. The van der Waals surface area contributed by atoms with Crippen molar-refractivity contribution in [2.45, 2.75) is 341 Å². The first kappa shape index (κ1) is 73.7. The van der Waals surface area contributed by atoms with Gasteiger partial charge in [0.2, 0.25) is 5.91 Å². The van der Waals surface area contributed by atoms with Crippen molar-refractivity contribution in [1.29, 1.82) is 0 Å². The second-order valence-electron chi connectivity index (χ2n) is 23.8. The summed E-state index contributed by atoms with van der Waals surface area (Å²) >= 11 is 0. The van der Waals surface area contributed by atoms with Gasteiger partial charge in [0.25, 0.3) is 0 Å². The maximum absolute atomic E-state index is 13.0. The van der Waals surface area contributed by atoms with Gasteiger partial charge < -0.3 is 19.8 Å². The molecule has 0 aliphatic rings. The third-order valence-electron chi connectivity index (χ3n) is 15.1. The van der Waals surface area contributed by atoms with Crippen LogP contribution in [0.5, 0.6) is 0 Å². The Morgan fingerprint density at radius 2 is 0.733 bits per heavy atom. The van der Waals surface area contributed by atoms with Crippen LogP contribution in [0.3, 0.4) is 0 Å². The molecule has 3 atom stereocenters. The van der Waals surface area contributed by atoms with Crippen molar-refractivity contribution in [2.75, 3.05) is 40.9 Å². The van der Waals surface area contributed by atoms with E-state index in [0.717, 1.165) is 44.9 Å². The number of unbranched alkanes of at least 4 members (excludes halogenated alkanes) is 44. The maximum Gasteiger partial charge on any atom is 0.472 e. The van der Waals surface area contributed by atoms with E-state index in [1.165, 1.54) is 263 Å². The Labute approximate surface area is 467 Å². The number of rotatable bonds is 61. The average molecular weight is 1080 g/mol. The molecule has 0 radical (unpaired) electrons. The third-order valence-corrected chi connectivity index (χ3v) is 16.1. The molecule has 0 fully saturated rings. The number of phosphoric acid groups is 1. The van der Waals surface area contributed by atoms with Crippen LogP contribution in [0.1, 0.15) is 328 Å². The summed E-state index contributed by atoms with van der Waals surface area (Å²) in [5, 5.41) is 13.9. The number of carbonyl (C=O) groups is 1. The number of nitrogens with one attached hydrogen (secondary N) is 1. The Hall–Kier alpha value is -1.28. The van der Waals surface area contributed by atoms with Crippen LogP contribution in [-0.4, -0.2) is 73.4 Å². The Morgan fingerprint density at radius 3 is 1.07 bits per heavy atom. The van der Waals surface area contributed by atoms with Gasteiger partial charge in [0, 0.05) is 6.42 Å². The first-order valence-electron chi connectivity index (χ1n) is 32.9. The molecule has 0 aromatic heterocycles. The van der Waals surface area contributed by atoms with Crippen LogP contribution in [0.25, 0.3) is 0 Å². The van der Waals surface area contributed by atoms with Gasteiger partial charge in [-0.25, -0.2) is 4.57 Å². The fourth-order valence-corrected chi connectivity index (χ4v) is 10.7. The predicted octanol–water partition coefficient (Wildman–Crippen LogP) is 20.5. The summed E-state index contributed by atoms with van der Waals surface area (Å²) in [6.45, 7) is 4.84. The number of quaternary nitrogens is 1. The van der Waals surface area contributed by atoms with E-state index in [-0.39, 0.29) is 19.1 Å². The molecule has 0 saturated carbocycles. The molecule has 1 amide bonds. The largest absolute Gasteiger partial charge is 0.472 e. The van der Waals surface area contributed by atoms with Crippen molar-refractivity contribution in [3.63, 3.8) is 0 Å². The minimum absolute atomic E-state index is 0.0553. The summed E-state index contributed by atoms with van der Waals surface area (Å²) in [5.41, 5.74) is 0. The van der Waals surface area contributed by atoms with Gasteiger partial charge in [0.1, 0.15) is 13.2 Å². The molecular weight excluding hydrogens is 948 g/mol. The standard InChI is InChI=1S/C66H129N2O6P/c1-6-8-10-12-14-16-18-20-22-24-26-28-29-30-31-32-33-34-35-36-37-38-40-42-44-46-48-50-52-54-56-58-60-66(70)67-64(63-74-75(71,72)73-62-61-68(3,4)5)65(69)59-57-55-53-51-49-47-45-43-41-39-27-25-23-21-19-17-15-13-11-9-7-2/h41,43,49,51,57,59,64-65,69H,6-40,42,44-48,50,52-56,58,60-63H2,1-5H3,(H-,67,70,71,72)/p+1/b43-41+,51-49+,59-57+. The smallest absolute Gasteiger partial charge is 0.387 e. The van der Waals surface area contributed by atoms with Crippen molar-refractivity contribution in [3.05, 3.63) is 36.5 Å². The Balaban J connectivity index is 4.08. The summed E-state index contributed by atoms with van der Waals surface area (Å²) in [6, 6.07) is -0.869. The molecule has 0 saturated heterocycles. The van der Waals surface area contributed by atoms with Crippen LogP contribution >= 0.6 is 7.82 Å². The number of carbonyl (C=O) groups excluding carboxylic acids is 1. The fourth-order valence-electron chi connectivity index (χ4n) is 9.96. The van der Waals surface area contributed by atoms with Crippen LogP contribution in [0.2, 0.25) is 0 Å². The van der Waals surface area contributed by atoms with E-state index in [2.05, 4.69) is 43.5 Å². The minimum Gasteiger partial charge on any atom is -0.387 e. The fraction of sp³-hybridized carbons (Fsp3) is 0.894. The summed E-state index contributed by atoms with van der Waals surface area (Å²) in [4.78, 5) is 23.4. The van der Waals surface area contributed by atoms with Crippen molar-refractivity contribution >= 4 is 13.7 Å². The third kappa shape index (κ3) is 60.2. The Bertz CT molecular complexity index is 1320. The second-order valence-corrected chi connectivity index (χ2v) is 25.3. The van der Waals surface area contributed by atoms with Crippen LogP contribution in [0.4, 0.5) is 0 Å². The Kier molecular flexibility index (Phi) is 56.4. The van der Waals surface area contributed by atoms with E-state index in [4.69, 9.17) is 9.05 Å². The van der Waals surface area contributed by atoms with Crippen molar-refractivity contribution in [2.24, 2.45) is 0 Å². The molecule has 444 valence electrons. The number of aliphatic hydroxyl groups excluding tert-OH is 1. The number of amides is 1. The predicted molar refractivity (Wildman–Crippen MR) is 328 cm³/mol. The molecule has 0 rings (SSSR count). The molecule has 0 aromatic carbocycles. The van der Waals surface area contributed by atoms with Gasteiger partial charge in [-0.05, 0) is 44.9 Å². The highest BCUT2D eigenvalue weighted by molar-refractivity contribution is 7.47.